The van der Waals surface area contributed by atoms with E-state index < -0.39 is 5.60 Å². The van der Waals surface area contributed by atoms with Gasteiger partial charge in [-0.1, -0.05) is 6.92 Å². The molecule has 1 atom stereocenters. The Hall–Kier alpha value is -0.770. The lowest BCUT2D eigenvalue weighted by Crippen LogP contribution is -2.34. The Bertz CT molecular complexity index is 188. The Labute approximate surface area is 92.6 Å². The molecule has 0 saturated heterocycles. The van der Waals surface area contributed by atoms with Crippen molar-refractivity contribution in [1.29, 1.82) is 0 Å². The monoisotopic (exact) mass is 216 g/mol. The second-order valence-corrected chi connectivity index (χ2v) is 4.92. The van der Waals surface area contributed by atoms with Crippen molar-refractivity contribution >= 4 is 6.09 Å². The Morgan fingerprint density at radius 3 is 2.53 bits per heavy atom. The van der Waals surface area contributed by atoms with Crippen molar-refractivity contribution in [3.05, 3.63) is 0 Å². The second-order valence-electron chi connectivity index (χ2n) is 4.92. The lowest BCUT2D eigenvalue weighted by atomic mass is 10.1. The lowest BCUT2D eigenvalue weighted by Gasteiger charge is -2.20. The zero-order chi connectivity index (χ0) is 11.9. The van der Waals surface area contributed by atoms with Gasteiger partial charge in [0.05, 0.1) is 0 Å². The fourth-order valence-electron chi connectivity index (χ4n) is 1.14. The molecular formula is C11H24N2O2. The molecule has 0 aliphatic heterocycles. The number of carbonyl (C=O) groups excluding carboxylic acids is 1. The molecule has 4 heteroatoms. The Morgan fingerprint density at radius 1 is 1.47 bits per heavy atom. The van der Waals surface area contributed by atoms with E-state index in [-0.39, 0.29) is 6.09 Å². The van der Waals surface area contributed by atoms with Crippen LogP contribution in [0.1, 0.15) is 40.5 Å². The van der Waals surface area contributed by atoms with Crippen LogP contribution < -0.4 is 11.1 Å². The number of hydrogen-bond donors (Lipinski definition) is 2. The number of rotatable bonds is 5. The van der Waals surface area contributed by atoms with Crippen LogP contribution in [0, 0.1) is 5.92 Å². The van der Waals surface area contributed by atoms with Gasteiger partial charge in [0.1, 0.15) is 5.60 Å². The first-order chi connectivity index (χ1) is 6.85. The van der Waals surface area contributed by atoms with Crippen molar-refractivity contribution in [2.45, 2.75) is 46.1 Å². The summed E-state index contributed by atoms with van der Waals surface area (Å²) < 4.78 is 5.12. The van der Waals surface area contributed by atoms with Crippen LogP contribution in [0.4, 0.5) is 4.79 Å². The molecule has 3 N–H and O–H groups in total. The minimum absolute atomic E-state index is 0.345. The van der Waals surface area contributed by atoms with Crippen molar-refractivity contribution < 1.29 is 9.53 Å². The molecule has 0 unspecified atom stereocenters. The van der Waals surface area contributed by atoms with E-state index in [0.29, 0.717) is 19.0 Å². The van der Waals surface area contributed by atoms with E-state index in [0.717, 1.165) is 12.8 Å². The van der Waals surface area contributed by atoms with Gasteiger partial charge >= 0.3 is 6.09 Å². The lowest BCUT2D eigenvalue weighted by molar-refractivity contribution is 0.0519. The molecule has 0 aromatic carbocycles. The summed E-state index contributed by atoms with van der Waals surface area (Å²) in [4.78, 5) is 11.3. The van der Waals surface area contributed by atoms with E-state index in [1.165, 1.54) is 0 Å². The van der Waals surface area contributed by atoms with Crippen LogP contribution in [0.3, 0.4) is 0 Å². The van der Waals surface area contributed by atoms with Gasteiger partial charge in [0.2, 0.25) is 0 Å². The summed E-state index contributed by atoms with van der Waals surface area (Å²) in [5.41, 5.74) is 4.98. The van der Waals surface area contributed by atoms with E-state index in [2.05, 4.69) is 12.2 Å². The highest BCUT2D eigenvalue weighted by atomic mass is 16.6. The molecule has 0 aliphatic carbocycles. The molecule has 0 heterocycles. The van der Waals surface area contributed by atoms with E-state index >= 15 is 0 Å². The van der Waals surface area contributed by atoms with E-state index in [1.54, 1.807) is 0 Å². The third kappa shape index (κ3) is 9.53. The highest BCUT2D eigenvalue weighted by Crippen LogP contribution is 2.07. The number of nitrogens with two attached hydrogens (primary N) is 1. The summed E-state index contributed by atoms with van der Waals surface area (Å²) in [6.07, 6.45) is 1.69. The van der Waals surface area contributed by atoms with Crippen molar-refractivity contribution in [1.82, 2.24) is 5.32 Å². The SMILES string of the molecule is C[C@@H](CCCN)CNC(=O)OC(C)(C)C. The highest BCUT2D eigenvalue weighted by Gasteiger charge is 2.16. The first-order valence-corrected chi connectivity index (χ1v) is 5.52. The number of carbonyl (C=O) groups is 1. The van der Waals surface area contributed by atoms with Crippen LogP contribution in [0.2, 0.25) is 0 Å². The number of hydrogen-bond acceptors (Lipinski definition) is 3. The molecule has 0 bridgehead atoms. The topological polar surface area (TPSA) is 64.3 Å². The molecule has 0 aromatic rings. The third-order valence-corrected chi connectivity index (χ3v) is 1.89. The summed E-state index contributed by atoms with van der Waals surface area (Å²) in [6, 6.07) is 0. The second kappa shape index (κ2) is 6.67. The number of amides is 1. The molecule has 0 aromatic heterocycles. The molecule has 15 heavy (non-hydrogen) atoms. The molecule has 90 valence electrons. The largest absolute Gasteiger partial charge is 0.444 e. The van der Waals surface area contributed by atoms with Crippen LogP contribution in [-0.2, 0) is 4.74 Å². The maximum absolute atomic E-state index is 11.3. The van der Waals surface area contributed by atoms with E-state index in [9.17, 15) is 4.79 Å². The predicted octanol–water partition coefficient (Wildman–Crippen LogP) is 1.89. The predicted molar refractivity (Wildman–Crippen MR) is 61.7 cm³/mol. The van der Waals surface area contributed by atoms with Crippen molar-refractivity contribution in [2.24, 2.45) is 11.7 Å². The van der Waals surface area contributed by atoms with Crippen LogP contribution in [0.25, 0.3) is 0 Å². The maximum atomic E-state index is 11.3. The van der Waals surface area contributed by atoms with Gasteiger partial charge in [0.15, 0.2) is 0 Å². The van der Waals surface area contributed by atoms with Crippen molar-refractivity contribution in [3.63, 3.8) is 0 Å². The van der Waals surface area contributed by atoms with Crippen LogP contribution in [0.5, 0.6) is 0 Å². The third-order valence-electron chi connectivity index (χ3n) is 1.89. The average molecular weight is 216 g/mol. The molecule has 4 nitrogen and oxygen atoms in total. The molecule has 0 rings (SSSR count). The quantitative estimate of drug-likeness (QED) is 0.737. The van der Waals surface area contributed by atoms with Crippen molar-refractivity contribution in [3.8, 4) is 0 Å². The summed E-state index contributed by atoms with van der Waals surface area (Å²) in [5.74, 6) is 0.445. The smallest absolute Gasteiger partial charge is 0.407 e. The van der Waals surface area contributed by atoms with Gasteiger partial charge in [0, 0.05) is 6.54 Å². The van der Waals surface area contributed by atoms with Gasteiger partial charge in [-0.05, 0) is 46.1 Å². The summed E-state index contributed by atoms with van der Waals surface area (Å²) in [5, 5.41) is 2.75. The van der Waals surface area contributed by atoms with E-state index in [1.807, 2.05) is 20.8 Å². The van der Waals surface area contributed by atoms with Gasteiger partial charge in [0.25, 0.3) is 0 Å². The van der Waals surface area contributed by atoms with Crippen LogP contribution in [0.15, 0.2) is 0 Å². The fraction of sp³-hybridized carbons (Fsp3) is 0.909. The molecule has 0 radical (unpaired) electrons. The zero-order valence-corrected chi connectivity index (χ0v) is 10.3. The molecule has 0 fully saturated rings. The minimum Gasteiger partial charge on any atom is -0.444 e. The van der Waals surface area contributed by atoms with Crippen molar-refractivity contribution in [2.75, 3.05) is 13.1 Å². The number of ether oxygens (including phenoxy) is 1. The standard InChI is InChI=1S/C11H24N2O2/c1-9(6-5-7-12)8-13-10(14)15-11(2,3)4/h9H,5-8,12H2,1-4H3,(H,13,14)/t9-/m0/s1. The first-order valence-electron chi connectivity index (χ1n) is 5.52. The molecule has 0 saturated carbocycles. The summed E-state index contributed by atoms with van der Waals surface area (Å²) in [7, 11) is 0. The van der Waals surface area contributed by atoms with Gasteiger partial charge in [-0.2, -0.15) is 0 Å². The summed E-state index contributed by atoms with van der Waals surface area (Å²) in [6.45, 7) is 9.00. The van der Waals surface area contributed by atoms with Gasteiger partial charge < -0.3 is 15.8 Å². The highest BCUT2D eigenvalue weighted by molar-refractivity contribution is 5.67. The average Bonchev–Trinajstić information content (AvgIpc) is 2.08. The molecule has 1 amide bonds. The minimum atomic E-state index is -0.426. The molecule has 0 spiro atoms. The van der Waals surface area contributed by atoms with Gasteiger partial charge in [-0.3, -0.25) is 0 Å². The number of alkyl carbamates (subject to hydrolysis) is 1. The Kier molecular flexibility index (Phi) is 6.32. The normalized spacial score (nSPS) is 13.4. The van der Waals surface area contributed by atoms with Gasteiger partial charge in [-0.15, -0.1) is 0 Å². The molecule has 0 aliphatic rings. The summed E-state index contributed by atoms with van der Waals surface area (Å²) >= 11 is 0. The zero-order valence-electron chi connectivity index (χ0n) is 10.3. The van der Waals surface area contributed by atoms with Crippen LogP contribution >= 0.6 is 0 Å². The van der Waals surface area contributed by atoms with Gasteiger partial charge in [-0.25, -0.2) is 4.79 Å². The maximum Gasteiger partial charge on any atom is 0.407 e. The molecular weight excluding hydrogens is 192 g/mol. The fourth-order valence-corrected chi connectivity index (χ4v) is 1.14. The Morgan fingerprint density at radius 2 is 2.07 bits per heavy atom. The first kappa shape index (κ1) is 14.2. The number of nitrogens with one attached hydrogen (secondary N) is 1. The van der Waals surface area contributed by atoms with E-state index in [4.69, 9.17) is 10.5 Å². The Balaban J connectivity index is 3.62. The van der Waals surface area contributed by atoms with Crippen LogP contribution in [-0.4, -0.2) is 24.8 Å².